The molecular formula is C23H27NO3. The summed E-state index contributed by atoms with van der Waals surface area (Å²) in [6, 6.07) is 13.0. The zero-order valence-corrected chi connectivity index (χ0v) is 16.2. The summed E-state index contributed by atoms with van der Waals surface area (Å²) in [5, 5.41) is 10.4. The molecule has 0 unspecified atom stereocenters. The molecule has 1 aromatic heterocycles. The number of aliphatic hydroxyl groups excluding tert-OH is 1. The second-order valence-electron chi connectivity index (χ2n) is 7.67. The van der Waals surface area contributed by atoms with Gasteiger partial charge in [-0.2, -0.15) is 0 Å². The van der Waals surface area contributed by atoms with E-state index in [0.717, 1.165) is 12.0 Å². The van der Waals surface area contributed by atoms with Gasteiger partial charge < -0.3 is 5.11 Å². The number of carbonyl (C=O) groups is 2. The number of rotatable bonds is 8. The van der Waals surface area contributed by atoms with Crippen molar-refractivity contribution in [3.63, 3.8) is 0 Å². The van der Waals surface area contributed by atoms with Crippen molar-refractivity contribution < 1.29 is 14.7 Å². The number of aromatic nitrogens is 1. The zero-order chi connectivity index (χ0) is 19.6. The Balaban J connectivity index is 2.03. The molecule has 4 heteroatoms. The van der Waals surface area contributed by atoms with Gasteiger partial charge in [-0.3, -0.25) is 9.59 Å². The molecule has 3 rings (SSSR count). The number of aliphatic hydroxyl groups is 1. The highest BCUT2D eigenvalue weighted by Crippen LogP contribution is 2.41. The normalized spacial score (nSPS) is 20.7. The zero-order valence-electron chi connectivity index (χ0n) is 16.2. The van der Waals surface area contributed by atoms with Gasteiger partial charge in [0.15, 0.2) is 11.6 Å². The first-order valence-electron chi connectivity index (χ1n) is 9.72. The maximum atomic E-state index is 12.8. The van der Waals surface area contributed by atoms with Crippen molar-refractivity contribution >= 4 is 11.6 Å². The van der Waals surface area contributed by atoms with Gasteiger partial charge in [0.1, 0.15) is 5.69 Å². The molecule has 0 spiro atoms. The predicted octanol–water partition coefficient (Wildman–Crippen LogP) is 4.42. The summed E-state index contributed by atoms with van der Waals surface area (Å²) in [6.07, 6.45) is 1.23. The van der Waals surface area contributed by atoms with Gasteiger partial charge in [0.05, 0.1) is 17.7 Å². The third-order valence-electron chi connectivity index (χ3n) is 5.46. The van der Waals surface area contributed by atoms with Gasteiger partial charge in [0, 0.05) is 18.4 Å². The summed E-state index contributed by atoms with van der Waals surface area (Å²) in [6.45, 7) is 5.65. The Kier molecular flexibility index (Phi) is 5.85. The summed E-state index contributed by atoms with van der Waals surface area (Å²) in [5.74, 6) is 0.614. The average Bonchev–Trinajstić information content (AvgIpc) is 3.36. The number of pyridine rings is 1. The highest BCUT2D eigenvalue weighted by atomic mass is 16.3. The van der Waals surface area contributed by atoms with Crippen LogP contribution >= 0.6 is 0 Å². The lowest BCUT2D eigenvalue weighted by atomic mass is 9.89. The van der Waals surface area contributed by atoms with Crippen LogP contribution < -0.4 is 0 Å². The van der Waals surface area contributed by atoms with Crippen molar-refractivity contribution in [2.45, 2.75) is 52.1 Å². The molecule has 27 heavy (non-hydrogen) atoms. The Labute approximate surface area is 160 Å². The SMILES string of the molecule is CCC(=O)c1cc(C(=O)C[C@H]2C[C@@H]2C)cc([C@H](c2ccccc2)[C@@H](C)O)n1. The molecule has 1 aliphatic carbocycles. The molecule has 1 aliphatic rings. The van der Waals surface area contributed by atoms with Crippen LogP contribution in [0.15, 0.2) is 42.5 Å². The van der Waals surface area contributed by atoms with Crippen LogP contribution in [0.25, 0.3) is 0 Å². The number of carbonyl (C=O) groups excluding carboxylic acids is 2. The maximum Gasteiger partial charge on any atom is 0.180 e. The third-order valence-corrected chi connectivity index (χ3v) is 5.46. The quantitative estimate of drug-likeness (QED) is 0.703. The van der Waals surface area contributed by atoms with Crippen LogP contribution in [0.3, 0.4) is 0 Å². The highest BCUT2D eigenvalue weighted by Gasteiger charge is 2.34. The van der Waals surface area contributed by atoms with Crippen LogP contribution in [-0.2, 0) is 0 Å². The highest BCUT2D eigenvalue weighted by molar-refractivity contribution is 6.00. The van der Waals surface area contributed by atoms with Crippen molar-refractivity contribution in [1.82, 2.24) is 4.98 Å². The number of ketones is 2. The van der Waals surface area contributed by atoms with Crippen molar-refractivity contribution in [3.05, 3.63) is 65.0 Å². The summed E-state index contributed by atoms with van der Waals surface area (Å²) >= 11 is 0. The van der Waals surface area contributed by atoms with Gasteiger partial charge >= 0.3 is 0 Å². The Morgan fingerprint density at radius 3 is 2.41 bits per heavy atom. The molecule has 1 saturated carbocycles. The van der Waals surface area contributed by atoms with E-state index in [2.05, 4.69) is 11.9 Å². The van der Waals surface area contributed by atoms with E-state index < -0.39 is 6.10 Å². The van der Waals surface area contributed by atoms with E-state index in [-0.39, 0.29) is 17.5 Å². The molecule has 4 nitrogen and oxygen atoms in total. The van der Waals surface area contributed by atoms with E-state index in [1.165, 1.54) is 0 Å². The van der Waals surface area contributed by atoms with Gasteiger partial charge in [-0.1, -0.05) is 44.2 Å². The van der Waals surface area contributed by atoms with Crippen molar-refractivity contribution in [2.75, 3.05) is 0 Å². The number of hydrogen-bond donors (Lipinski definition) is 1. The molecule has 1 aromatic carbocycles. The van der Waals surface area contributed by atoms with E-state index in [1.807, 2.05) is 30.3 Å². The number of benzene rings is 1. The summed E-state index contributed by atoms with van der Waals surface area (Å²) in [5.41, 5.74) is 2.32. The fourth-order valence-electron chi connectivity index (χ4n) is 3.59. The number of Topliss-reactive ketones (excluding diaryl/α,β-unsaturated/α-hetero) is 2. The molecule has 0 amide bonds. The molecule has 0 saturated heterocycles. The Morgan fingerprint density at radius 1 is 1.19 bits per heavy atom. The van der Waals surface area contributed by atoms with E-state index in [9.17, 15) is 14.7 Å². The van der Waals surface area contributed by atoms with Crippen LogP contribution in [0.4, 0.5) is 0 Å². The van der Waals surface area contributed by atoms with Crippen LogP contribution in [0.5, 0.6) is 0 Å². The topological polar surface area (TPSA) is 67.3 Å². The van der Waals surface area contributed by atoms with Crippen LogP contribution in [0, 0.1) is 11.8 Å². The fraction of sp³-hybridized carbons (Fsp3) is 0.435. The number of hydrogen-bond acceptors (Lipinski definition) is 4. The van der Waals surface area contributed by atoms with Crippen LogP contribution in [0.2, 0.25) is 0 Å². The summed E-state index contributed by atoms with van der Waals surface area (Å²) < 4.78 is 0. The minimum atomic E-state index is -0.696. The first-order valence-corrected chi connectivity index (χ1v) is 9.72. The lowest BCUT2D eigenvalue weighted by molar-refractivity contribution is 0.0973. The smallest absolute Gasteiger partial charge is 0.180 e. The standard InChI is InChI=1S/C23H27NO3/c1-4-21(26)19-11-18(22(27)13-17-10-14(17)2)12-20(24-19)23(15(3)25)16-8-6-5-7-9-16/h5-9,11-12,14-15,17,23,25H,4,10,13H2,1-3H3/t14-,15+,17+,23-/m0/s1. The van der Waals surface area contributed by atoms with Crippen molar-refractivity contribution in [1.29, 1.82) is 0 Å². The van der Waals surface area contributed by atoms with E-state index in [0.29, 0.717) is 41.6 Å². The van der Waals surface area contributed by atoms with Crippen LogP contribution in [0.1, 0.15) is 78.1 Å². The molecule has 0 aliphatic heterocycles. The Morgan fingerprint density at radius 2 is 1.85 bits per heavy atom. The van der Waals surface area contributed by atoms with Gasteiger partial charge in [-0.05, 0) is 42.9 Å². The van der Waals surface area contributed by atoms with Crippen molar-refractivity contribution in [2.24, 2.45) is 11.8 Å². The van der Waals surface area contributed by atoms with Crippen LogP contribution in [-0.4, -0.2) is 27.8 Å². The summed E-state index contributed by atoms with van der Waals surface area (Å²) in [4.78, 5) is 29.6. The minimum absolute atomic E-state index is 0.0514. The second-order valence-corrected chi connectivity index (χ2v) is 7.67. The van der Waals surface area contributed by atoms with Gasteiger partial charge in [0.2, 0.25) is 0 Å². The van der Waals surface area contributed by atoms with Gasteiger partial charge in [-0.15, -0.1) is 0 Å². The first-order chi connectivity index (χ1) is 12.9. The first kappa shape index (κ1) is 19.4. The van der Waals surface area contributed by atoms with Gasteiger partial charge in [-0.25, -0.2) is 4.98 Å². The van der Waals surface area contributed by atoms with E-state index >= 15 is 0 Å². The molecule has 4 atom stereocenters. The molecule has 0 radical (unpaired) electrons. The molecule has 1 N–H and O–H groups in total. The predicted molar refractivity (Wildman–Crippen MR) is 105 cm³/mol. The molecule has 142 valence electrons. The third kappa shape index (κ3) is 4.51. The molecule has 2 aromatic rings. The lowest BCUT2D eigenvalue weighted by Gasteiger charge is -2.21. The molecular weight excluding hydrogens is 338 g/mol. The van der Waals surface area contributed by atoms with E-state index in [1.54, 1.807) is 26.0 Å². The minimum Gasteiger partial charge on any atom is -0.392 e. The van der Waals surface area contributed by atoms with Gasteiger partial charge in [0.25, 0.3) is 0 Å². The molecule has 0 bridgehead atoms. The maximum absolute atomic E-state index is 12.8. The second kappa shape index (κ2) is 8.13. The average molecular weight is 365 g/mol. The monoisotopic (exact) mass is 365 g/mol. The largest absolute Gasteiger partial charge is 0.392 e. The lowest BCUT2D eigenvalue weighted by Crippen LogP contribution is -2.19. The number of nitrogens with zero attached hydrogens (tertiary/aromatic N) is 1. The molecule has 1 fully saturated rings. The Hall–Kier alpha value is -2.33. The van der Waals surface area contributed by atoms with E-state index in [4.69, 9.17) is 0 Å². The van der Waals surface area contributed by atoms with Crippen molar-refractivity contribution in [3.8, 4) is 0 Å². The molecule has 1 heterocycles. The summed E-state index contributed by atoms with van der Waals surface area (Å²) in [7, 11) is 0. The Bertz CT molecular complexity index is 829. The fourth-order valence-corrected chi connectivity index (χ4v) is 3.59.